The predicted molar refractivity (Wildman–Crippen MR) is 115 cm³/mol. The van der Waals surface area contributed by atoms with Gasteiger partial charge in [-0.2, -0.15) is 0 Å². The number of fused-ring (bicyclic) bond motifs is 1. The standard InChI is InChI=1S/C22H19N3O4S/c1-28-16-7-3-14(4-8-16)21-22(15-5-9-17(29-2)10-6-15)25-20-13-18(30(23,26)27)11-12-19(20)24-21/h3-13H,1-2H3,(H2,23,26,27). The fraction of sp³-hybridized carbons (Fsp3) is 0.0909. The first-order valence-corrected chi connectivity index (χ1v) is 10.6. The van der Waals surface area contributed by atoms with E-state index >= 15 is 0 Å². The van der Waals surface area contributed by atoms with E-state index in [0.717, 1.165) is 22.6 Å². The molecule has 0 fully saturated rings. The molecular formula is C22H19N3O4S. The maximum atomic E-state index is 11.8. The lowest BCUT2D eigenvalue weighted by Crippen LogP contribution is -2.12. The molecule has 0 bridgehead atoms. The summed E-state index contributed by atoms with van der Waals surface area (Å²) in [6.07, 6.45) is 0. The normalized spacial score (nSPS) is 11.4. The van der Waals surface area contributed by atoms with Gasteiger partial charge in [0.05, 0.1) is 41.5 Å². The van der Waals surface area contributed by atoms with Crippen molar-refractivity contribution >= 4 is 21.1 Å². The maximum Gasteiger partial charge on any atom is 0.238 e. The zero-order valence-electron chi connectivity index (χ0n) is 16.4. The van der Waals surface area contributed by atoms with Crippen LogP contribution in [0.25, 0.3) is 33.5 Å². The molecule has 0 spiro atoms. The van der Waals surface area contributed by atoms with E-state index in [1.165, 1.54) is 12.1 Å². The quantitative estimate of drug-likeness (QED) is 0.528. The van der Waals surface area contributed by atoms with Gasteiger partial charge in [0.25, 0.3) is 0 Å². The number of rotatable bonds is 5. The lowest BCUT2D eigenvalue weighted by molar-refractivity contribution is 0.414. The molecule has 0 amide bonds. The van der Waals surface area contributed by atoms with Gasteiger partial charge in [-0.15, -0.1) is 0 Å². The molecule has 0 radical (unpaired) electrons. The maximum absolute atomic E-state index is 11.8. The fourth-order valence-electron chi connectivity index (χ4n) is 3.11. The summed E-state index contributed by atoms with van der Waals surface area (Å²) < 4.78 is 34.0. The van der Waals surface area contributed by atoms with Crippen molar-refractivity contribution in [2.45, 2.75) is 4.90 Å². The van der Waals surface area contributed by atoms with Crippen LogP contribution in [0.5, 0.6) is 11.5 Å². The number of benzene rings is 3. The van der Waals surface area contributed by atoms with Gasteiger partial charge in [-0.1, -0.05) is 0 Å². The Morgan fingerprint density at radius 2 is 1.17 bits per heavy atom. The van der Waals surface area contributed by atoms with Crippen LogP contribution in [-0.4, -0.2) is 32.6 Å². The number of nitrogens with two attached hydrogens (primary N) is 1. The molecule has 1 heterocycles. The van der Waals surface area contributed by atoms with E-state index in [1.54, 1.807) is 20.3 Å². The van der Waals surface area contributed by atoms with Gasteiger partial charge in [-0.3, -0.25) is 0 Å². The van der Waals surface area contributed by atoms with Gasteiger partial charge in [-0.05, 0) is 66.7 Å². The first-order chi connectivity index (χ1) is 14.4. The number of primary sulfonamides is 1. The second kappa shape index (κ2) is 7.74. The highest BCUT2D eigenvalue weighted by Gasteiger charge is 2.16. The molecular weight excluding hydrogens is 402 g/mol. The molecule has 4 rings (SSSR count). The van der Waals surface area contributed by atoms with Crippen LogP contribution in [0.4, 0.5) is 0 Å². The van der Waals surface area contributed by atoms with Gasteiger partial charge in [0.15, 0.2) is 0 Å². The largest absolute Gasteiger partial charge is 0.497 e. The third kappa shape index (κ3) is 3.83. The minimum atomic E-state index is -3.85. The lowest BCUT2D eigenvalue weighted by atomic mass is 10.0. The summed E-state index contributed by atoms with van der Waals surface area (Å²) in [5, 5.41) is 5.28. The highest BCUT2D eigenvalue weighted by molar-refractivity contribution is 7.89. The van der Waals surface area contributed by atoms with Crippen molar-refractivity contribution in [2.24, 2.45) is 5.14 Å². The lowest BCUT2D eigenvalue weighted by Gasteiger charge is -2.12. The third-order valence-electron chi connectivity index (χ3n) is 4.69. The minimum Gasteiger partial charge on any atom is -0.497 e. The smallest absolute Gasteiger partial charge is 0.238 e. The second-order valence-electron chi connectivity index (χ2n) is 6.57. The summed E-state index contributed by atoms with van der Waals surface area (Å²) in [7, 11) is -0.642. The average Bonchev–Trinajstić information content (AvgIpc) is 2.77. The van der Waals surface area contributed by atoms with E-state index in [0.29, 0.717) is 22.4 Å². The number of hydrogen-bond acceptors (Lipinski definition) is 6. The first kappa shape index (κ1) is 19.8. The average molecular weight is 421 g/mol. The highest BCUT2D eigenvalue weighted by Crippen LogP contribution is 2.33. The van der Waals surface area contributed by atoms with E-state index in [-0.39, 0.29) is 4.90 Å². The van der Waals surface area contributed by atoms with Crippen LogP contribution in [-0.2, 0) is 10.0 Å². The fourth-order valence-corrected chi connectivity index (χ4v) is 3.65. The summed E-state index contributed by atoms with van der Waals surface area (Å²) in [4.78, 5) is 9.50. The van der Waals surface area contributed by atoms with Gasteiger partial charge < -0.3 is 9.47 Å². The van der Waals surface area contributed by atoms with Crippen molar-refractivity contribution in [3.63, 3.8) is 0 Å². The molecule has 30 heavy (non-hydrogen) atoms. The number of methoxy groups -OCH3 is 2. The molecule has 1 aromatic heterocycles. The van der Waals surface area contributed by atoms with E-state index < -0.39 is 10.0 Å². The van der Waals surface area contributed by atoms with Gasteiger partial charge in [0, 0.05) is 11.1 Å². The van der Waals surface area contributed by atoms with E-state index in [1.807, 2.05) is 48.5 Å². The van der Waals surface area contributed by atoms with Crippen LogP contribution in [0, 0.1) is 0 Å². The number of sulfonamides is 1. The van der Waals surface area contributed by atoms with Gasteiger partial charge in [-0.25, -0.2) is 23.5 Å². The van der Waals surface area contributed by atoms with Crippen LogP contribution in [0.15, 0.2) is 71.6 Å². The van der Waals surface area contributed by atoms with Crippen molar-refractivity contribution in [3.05, 3.63) is 66.7 Å². The van der Waals surface area contributed by atoms with Crippen molar-refractivity contribution < 1.29 is 17.9 Å². The molecule has 0 atom stereocenters. The number of ether oxygens (including phenoxy) is 2. The number of aromatic nitrogens is 2. The number of nitrogens with zero attached hydrogens (tertiary/aromatic N) is 2. The van der Waals surface area contributed by atoms with Crippen LogP contribution < -0.4 is 14.6 Å². The van der Waals surface area contributed by atoms with E-state index in [4.69, 9.17) is 24.6 Å². The highest BCUT2D eigenvalue weighted by atomic mass is 32.2. The van der Waals surface area contributed by atoms with Crippen molar-refractivity contribution in [1.29, 1.82) is 0 Å². The van der Waals surface area contributed by atoms with Crippen LogP contribution in [0.3, 0.4) is 0 Å². The molecule has 0 aliphatic heterocycles. The Morgan fingerprint density at radius 1 is 0.700 bits per heavy atom. The Hall–Kier alpha value is -3.49. The molecule has 3 aromatic carbocycles. The Bertz CT molecular complexity index is 1320. The number of hydrogen-bond donors (Lipinski definition) is 1. The van der Waals surface area contributed by atoms with Crippen molar-refractivity contribution in [2.75, 3.05) is 14.2 Å². The molecule has 8 heteroatoms. The molecule has 0 saturated carbocycles. The van der Waals surface area contributed by atoms with Gasteiger partial charge in [0.1, 0.15) is 11.5 Å². The second-order valence-corrected chi connectivity index (χ2v) is 8.13. The molecule has 2 N–H and O–H groups in total. The Labute approximate surface area is 174 Å². The topological polar surface area (TPSA) is 104 Å². The summed E-state index contributed by atoms with van der Waals surface area (Å²) in [6, 6.07) is 19.4. The summed E-state index contributed by atoms with van der Waals surface area (Å²) in [5.41, 5.74) is 3.94. The summed E-state index contributed by atoms with van der Waals surface area (Å²) in [6.45, 7) is 0. The van der Waals surface area contributed by atoms with Gasteiger partial charge >= 0.3 is 0 Å². The van der Waals surface area contributed by atoms with Gasteiger partial charge in [0.2, 0.25) is 10.0 Å². The van der Waals surface area contributed by atoms with Crippen LogP contribution in [0.1, 0.15) is 0 Å². The SMILES string of the molecule is COc1ccc(-c2nc3ccc(S(N)(=O)=O)cc3nc2-c2ccc(OC)cc2)cc1. The molecule has 0 aliphatic carbocycles. The Balaban J connectivity index is 1.96. The molecule has 4 aromatic rings. The zero-order valence-corrected chi connectivity index (χ0v) is 17.2. The Kier molecular flexibility index (Phi) is 5.11. The van der Waals surface area contributed by atoms with Crippen LogP contribution in [0.2, 0.25) is 0 Å². The Morgan fingerprint density at radius 3 is 1.60 bits per heavy atom. The minimum absolute atomic E-state index is 0.0119. The molecule has 7 nitrogen and oxygen atoms in total. The molecule has 0 unspecified atom stereocenters. The third-order valence-corrected chi connectivity index (χ3v) is 5.60. The monoisotopic (exact) mass is 421 g/mol. The summed E-state index contributed by atoms with van der Waals surface area (Å²) in [5.74, 6) is 1.45. The van der Waals surface area contributed by atoms with Crippen molar-refractivity contribution in [3.8, 4) is 34.0 Å². The molecule has 152 valence electrons. The van der Waals surface area contributed by atoms with E-state index in [9.17, 15) is 8.42 Å². The molecule has 0 aliphatic rings. The van der Waals surface area contributed by atoms with Crippen LogP contribution >= 0.6 is 0 Å². The molecule has 0 saturated heterocycles. The predicted octanol–water partition coefficient (Wildman–Crippen LogP) is 3.63. The van der Waals surface area contributed by atoms with E-state index in [2.05, 4.69) is 0 Å². The first-order valence-electron chi connectivity index (χ1n) is 9.02. The van der Waals surface area contributed by atoms with Crippen molar-refractivity contribution in [1.82, 2.24) is 9.97 Å². The zero-order chi connectivity index (χ0) is 21.3. The summed E-state index contributed by atoms with van der Waals surface area (Å²) >= 11 is 0.